The van der Waals surface area contributed by atoms with Crippen LogP contribution in [0.4, 0.5) is 0 Å². The molecule has 0 aliphatic carbocycles. The smallest absolute Gasteiger partial charge is 0.251 e. The average Bonchev–Trinajstić information content (AvgIpc) is 3.28. The van der Waals surface area contributed by atoms with E-state index in [1.807, 2.05) is 24.3 Å². The number of nitrogens with zero attached hydrogens (tertiary/aromatic N) is 1. The molecule has 1 heterocycles. The van der Waals surface area contributed by atoms with Crippen LogP contribution >= 0.6 is 11.6 Å². The molecule has 0 bridgehead atoms. The average molecular weight is 419 g/mol. The first-order chi connectivity index (χ1) is 14.1. The zero-order valence-electron chi connectivity index (χ0n) is 17.0. The van der Waals surface area contributed by atoms with Gasteiger partial charge < -0.3 is 19.5 Å². The summed E-state index contributed by atoms with van der Waals surface area (Å²) >= 11 is 6.46. The molecule has 0 radical (unpaired) electrons. The summed E-state index contributed by atoms with van der Waals surface area (Å²) in [6.07, 6.45) is 2.31. The minimum Gasteiger partial charge on any atom is -0.493 e. The van der Waals surface area contributed by atoms with E-state index in [1.165, 1.54) is 21.3 Å². The van der Waals surface area contributed by atoms with Crippen molar-refractivity contribution in [1.82, 2.24) is 10.2 Å². The number of nitrogens with one attached hydrogen (secondary N) is 1. The molecule has 1 fully saturated rings. The van der Waals surface area contributed by atoms with Crippen molar-refractivity contribution in [2.45, 2.75) is 18.9 Å². The molecule has 7 heteroatoms. The number of carbonyl (C=O) groups is 1. The fraction of sp³-hybridized carbons (Fsp3) is 0.409. The second-order valence-corrected chi connectivity index (χ2v) is 7.31. The van der Waals surface area contributed by atoms with Gasteiger partial charge in [-0.3, -0.25) is 9.69 Å². The maximum absolute atomic E-state index is 12.9. The van der Waals surface area contributed by atoms with Crippen molar-refractivity contribution in [3.63, 3.8) is 0 Å². The van der Waals surface area contributed by atoms with Crippen molar-refractivity contribution in [3.8, 4) is 17.2 Å². The van der Waals surface area contributed by atoms with Crippen molar-refractivity contribution < 1.29 is 19.0 Å². The molecule has 0 spiro atoms. The lowest BCUT2D eigenvalue weighted by Gasteiger charge is -2.29. The summed E-state index contributed by atoms with van der Waals surface area (Å²) in [6, 6.07) is 11.1. The van der Waals surface area contributed by atoms with Gasteiger partial charge in [-0.05, 0) is 49.7 Å². The van der Waals surface area contributed by atoms with E-state index in [0.717, 1.165) is 31.5 Å². The van der Waals surface area contributed by atoms with Crippen LogP contribution < -0.4 is 19.5 Å². The number of amides is 1. The second kappa shape index (κ2) is 9.85. The molecule has 1 N–H and O–H groups in total. The molecular formula is C22H27ClN2O4. The SMILES string of the molecule is COc1cc(C(=O)NC[C@@H](c2ccccc2Cl)N2CCCC2)cc(OC)c1OC. The first-order valence-electron chi connectivity index (χ1n) is 9.65. The molecule has 0 saturated carbocycles. The number of hydrogen-bond donors (Lipinski definition) is 1. The molecule has 156 valence electrons. The summed E-state index contributed by atoms with van der Waals surface area (Å²) in [4.78, 5) is 15.3. The zero-order valence-corrected chi connectivity index (χ0v) is 17.8. The number of likely N-dealkylation sites (tertiary alicyclic amines) is 1. The van der Waals surface area contributed by atoms with Gasteiger partial charge >= 0.3 is 0 Å². The predicted octanol–water partition coefficient (Wildman–Crippen LogP) is 3.93. The van der Waals surface area contributed by atoms with E-state index in [9.17, 15) is 4.79 Å². The Morgan fingerprint density at radius 2 is 1.69 bits per heavy atom. The number of benzene rings is 2. The minimum absolute atomic E-state index is 0.0252. The predicted molar refractivity (Wildman–Crippen MR) is 113 cm³/mol. The van der Waals surface area contributed by atoms with E-state index in [4.69, 9.17) is 25.8 Å². The van der Waals surface area contributed by atoms with Gasteiger partial charge in [0, 0.05) is 17.1 Å². The molecule has 0 unspecified atom stereocenters. The Morgan fingerprint density at radius 1 is 1.07 bits per heavy atom. The van der Waals surface area contributed by atoms with Crippen LogP contribution in [0.25, 0.3) is 0 Å². The summed E-state index contributed by atoms with van der Waals surface area (Å²) in [5, 5.41) is 3.76. The largest absolute Gasteiger partial charge is 0.493 e. The summed E-state index contributed by atoms with van der Waals surface area (Å²) in [5.41, 5.74) is 1.47. The third-order valence-electron chi connectivity index (χ3n) is 5.23. The maximum atomic E-state index is 12.9. The highest BCUT2D eigenvalue weighted by Crippen LogP contribution is 2.38. The molecule has 2 aromatic rings. The normalized spacial score (nSPS) is 15.0. The maximum Gasteiger partial charge on any atom is 0.251 e. The van der Waals surface area contributed by atoms with Gasteiger partial charge in [-0.15, -0.1) is 0 Å². The van der Waals surface area contributed by atoms with Crippen LogP contribution in [-0.4, -0.2) is 51.8 Å². The Hall–Kier alpha value is -2.44. The molecule has 2 aromatic carbocycles. The molecule has 6 nitrogen and oxygen atoms in total. The molecule has 1 aliphatic heterocycles. The minimum atomic E-state index is -0.208. The highest BCUT2D eigenvalue weighted by atomic mass is 35.5. The molecule has 29 heavy (non-hydrogen) atoms. The first-order valence-corrected chi connectivity index (χ1v) is 10.0. The molecule has 3 rings (SSSR count). The third kappa shape index (κ3) is 4.77. The van der Waals surface area contributed by atoms with E-state index in [1.54, 1.807) is 12.1 Å². The lowest BCUT2D eigenvalue weighted by molar-refractivity contribution is 0.0937. The fourth-order valence-corrected chi connectivity index (χ4v) is 4.00. The number of carbonyl (C=O) groups excluding carboxylic acids is 1. The van der Waals surface area contributed by atoms with E-state index in [2.05, 4.69) is 10.2 Å². The van der Waals surface area contributed by atoms with Crippen molar-refractivity contribution in [2.75, 3.05) is 41.0 Å². The Bertz CT molecular complexity index is 827. The van der Waals surface area contributed by atoms with Crippen LogP contribution in [-0.2, 0) is 0 Å². The molecule has 1 atom stereocenters. The number of methoxy groups -OCH3 is 3. The fourth-order valence-electron chi connectivity index (χ4n) is 3.74. The van der Waals surface area contributed by atoms with E-state index >= 15 is 0 Å². The standard InChI is InChI=1S/C22H27ClN2O4/c1-27-19-12-15(13-20(28-2)21(19)29-3)22(26)24-14-18(25-10-6-7-11-25)16-8-4-5-9-17(16)23/h4-5,8-9,12-13,18H,6-7,10-11,14H2,1-3H3,(H,24,26)/t18-/m0/s1. The quantitative estimate of drug-likeness (QED) is 0.703. The monoisotopic (exact) mass is 418 g/mol. The van der Waals surface area contributed by atoms with Crippen LogP contribution in [0.1, 0.15) is 34.8 Å². The Labute approximate surface area is 176 Å². The zero-order chi connectivity index (χ0) is 20.8. The van der Waals surface area contributed by atoms with Gasteiger partial charge in [-0.1, -0.05) is 29.8 Å². The molecular weight excluding hydrogens is 392 g/mol. The number of halogens is 1. The number of ether oxygens (including phenoxy) is 3. The van der Waals surface area contributed by atoms with E-state index < -0.39 is 0 Å². The van der Waals surface area contributed by atoms with Crippen LogP contribution in [0.2, 0.25) is 5.02 Å². The van der Waals surface area contributed by atoms with Gasteiger partial charge in [0.2, 0.25) is 5.75 Å². The van der Waals surface area contributed by atoms with Crippen molar-refractivity contribution >= 4 is 17.5 Å². The molecule has 1 aliphatic rings. The van der Waals surface area contributed by atoms with Gasteiger partial charge in [-0.25, -0.2) is 0 Å². The number of hydrogen-bond acceptors (Lipinski definition) is 5. The first kappa shape index (κ1) is 21.3. The van der Waals surface area contributed by atoms with Crippen molar-refractivity contribution in [3.05, 3.63) is 52.5 Å². The summed E-state index contributed by atoms with van der Waals surface area (Å²) in [6.45, 7) is 2.45. The van der Waals surface area contributed by atoms with Gasteiger partial charge in [0.1, 0.15) is 0 Å². The highest BCUT2D eigenvalue weighted by Gasteiger charge is 2.26. The highest BCUT2D eigenvalue weighted by molar-refractivity contribution is 6.31. The Morgan fingerprint density at radius 3 is 2.24 bits per heavy atom. The molecule has 1 amide bonds. The van der Waals surface area contributed by atoms with E-state index in [0.29, 0.717) is 34.4 Å². The van der Waals surface area contributed by atoms with Gasteiger partial charge in [0.15, 0.2) is 11.5 Å². The molecule has 1 saturated heterocycles. The summed E-state index contributed by atoms with van der Waals surface area (Å²) in [5.74, 6) is 1.14. The topological polar surface area (TPSA) is 60.0 Å². The molecule has 0 aromatic heterocycles. The second-order valence-electron chi connectivity index (χ2n) is 6.90. The van der Waals surface area contributed by atoms with Crippen molar-refractivity contribution in [2.24, 2.45) is 0 Å². The lowest BCUT2D eigenvalue weighted by Crippen LogP contribution is -2.37. The van der Waals surface area contributed by atoms with Crippen LogP contribution in [0, 0.1) is 0 Å². The van der Waals surface area contributed by atoms with Crippen molar-refractivity contribution in [1.29, 1.82) is 0 Å². The summed E-state index contributed by atoms with van der Waals surface area (Å²) < 4.78 is 16.0. The van der Waals surface area contributed by atoms with Gasteiger partial charge in [0.25, 0.3) is 5.91 Å². The lowest BCUT2D eigenvalue weighted by atomic mass is 10.0. The van der Waals surface area contributed by atoms with Gasteiger partial charge in [-0.2, -0.15) is 0 Å². The Balaban J connectivity index is 1.81. The van der Waals surface area contributed by atoms with Gasteiger partial charge in [0.05, 0.1) is 27.4 Å². The Kier molecular flexibility index (Phi) is 7.23. The van der Waals surface area contributed by atoms with Crippen LogP contribution in [0.15, 0.2) is 36.4 Å². The van der Waals surface area contributed by atoms with Crippen LogP contribution in [0.5, 0.6) is 17.2 Å². The van der Waals surface area contributed by atoms with E-state index in [-0.39, 0.29) is 11.9 Å². The summed E-state index contributed by atoms with van der Waals surface area (Å²) in [7, 11) is 4.59. The number of rotatable bonds is 8. The third-order valence-corrected chi connectivity index (χ3v) is 5.57. The van der Waals surface area contributed by atoms with Crippen LogP contribution in [0.3, 0.4) is 0 Å².